The van der Waals surface area contributed by atoms with Crippen LogP contribution in [0.2, 0.25) is 0 Å². The van der Waals surface area contributed by atoms with E-state index in [1.54, 1.807) is 4.68 Å². The van der Waals surface area contributed by atoms with Crippen LogP contribution in [-0.4, -0.2) is 20.8 Å². The van der Waals surface area contributed by atoms with Crippen molar-refractivity contribution in [2.75, 3.05) is 0 Å². The summed E-state index contributed by atoms with van der Waals surface area (Å²) in [5.74, 6) is 0. The molecule has 0 saturated carbocycles. The second kappa shape index (κ2) is 3.62. The van der Waals surface area contributed by atoms with Crippen LogP contribution in [0.1, 0.15) is 18.2 Å². The van der Waals surface area contributed by atoms with Crippen LogP contribution in [0.25, 0.3) is 11.0 Å². The number of nitrogens with zero attached hydrogens (tertiary/aromatic N) is 3. The Bertz CT molecular complexity index is 485. The van der Waals surface area contributed by atoms with E-state index in [2.05, 4.69) is 16.1 Å². The molecule has 2 aromatic rings. The highest BCUT2D eigenvalue weighted by molar-refractivity contribution is 5.78. The van der Waals surface area contributed by atoms with E-state index in [-0.39, 0.29) is 6.04 Å². The zero-order valence-corrected chi connectivity index (χ0v) is 9.36. The van der Waals surface area contributed by atoms with Gasteiger partial charge in [0.15, 0.2) is 5.65 Å². The molecule has 1 atom stereocenters. The van der Waals surface area contributed by atoms with E-state index >= 15 is 0 Å². The van der Waals surface area contributed by atoms with E-state index in [1.807, 2.05) is 27.1 Å². The Labute approximate surface area is 89.1 Å². The summed E-state index contributed by atoms with van der Waals surface area (Å²) in [4.78, 5) is 4.40. The lowest BCUT2D eigenvalue weighted by Gasteiger charge is -2.04. The number of hydrogen-bond donors (Lipinski definition) is 1. The molecule has 0 bridgehead atoms. The van der Waals surface area contributed by atoms with E-state index < -0.39 is 0 Å². The fourth-order valence-electron chi connectivity index (χ4n) is 1.83. The van der Waals surface area contributed by atoms with Gasteiger partial charge >= 0.3 is 0 Å². The Hall–Kier alpha value is -1.42. The van der Waals surface area contributed by atoms with Crippen LogP contribution in [0.5, 0.6) is 0 Å². The van der Waals surface area contributed by atoms with Crippen molar-refractivity contribution in [3.05, 3.63) is 23.5 Å². The van der Waals surface area contributed by atoms with Crippen LogP contribution in [0.15, 0.2) is 12.3 Å². The maximum absolute atomic E-state index is 5.76. The van der Waals surface area contributed by atoms with Gasteiger partial charge < -0.3 is 5.73 Å². The lowest BCUT2D eigenvalue weighted by atomic mass is 10.1. The van der Waals surface area contributed by atoms with Gasteiger partial charge in [-0.2, -0.15) is 5.10 Å². The second-order valence-corrected chi connectivity index (χ2v) is 4.11. The number of hydrogen-bond acceptors (Lipinski definition) is 3. The summed E-state index contributed by atoms with van der Waals surface area (Å²) in [5.41, 5.74) is 8.89. The maximum atomic E-state index is 5.76. The van der Waals surface area contributed by atoms with Crippen LogP contribution >= 0.6 is 0 Å². The number of rotatable bonds is 2. The predicted molar refractivity (Wildman–Crippen MR) is 60.6 cm³/mol. The molecule has 0 fully saturated rings. The highest BCUT2D eigenvalue weighted by Gasteiger charge is 2.07. The van der Waals surface area contributed by atoms with E-state index in [1.165, 1.54) is 5.56 Å². The average Bonchev–Trinajstić information content (AvgIpc) is 2.41. The Morgan fingerprint density at radius 3 is 2.93 bits per heavy atom. The summed E-state index contributed by atoms with van der Waals surface area (Å²) in [6, 6.07) is 2.30. The third kappa shape index (κ3) is 1.85. The third-order valence-corrected chi connectivity index (χ3v) is 2.48. The molecule has 80 valence electrons. The van der Waals surface area contributed by atoms with Crippen molar-refractivity contribution in [2.24, 2.45) is 12.8 Å². The van der Waals surface area contributed by atoms with E-state index in [9.17, 15) is 0 Å². The standard InChI is InChI=1S/C11H16N4/c1-7(12)4-9-5-10-8(2)14-15(3)11(10)13-6-9/h5-7H,4,12H2,1-3H3. The van der Waals surface area contributed by atoms with Crippen molar-refractivity contribution in [3.63, 3.8) is 0 Å². The molecule has 2 rings (SSSR count). The number of aromatic nitrogens is 3. The van der Waals surface area contributed by atoms with Gasteiger partial charge in [0.05, 0.1) is 5.69 Å². The first-order valence-electron chi connectivity index (χ1n) is 5.11. The highest BCUT2D eigenvalue weighted by atomic mass is 15.3. The third-order valence-electron chi connectivity index (χ3n) is 2.48. The first-order valence-corrected chi connectivity index (χ1v) is 5.11. The molecule has 0 spiro atoms. The molecule has 0 aliphatic carbocycles. The number of aryl methyl sites for hydroxylation is 2. The first kappa shape index (κ1) is 10.1. The first-order chi connectivity index (χ1) is 7.08. The molecule has 0 saturated heterocycles. The monoisotopic (exact) mass is 204 g/mol. The fourth-order valence-corrected chi connectivity index (χ4v) is 1.83. The lowest BCUT2D eigenvalue weighted by Crippen LogP contribution is -2.17. The van der Waals surface area contributed by atoms with Gasteiger partial charge in [-0.15, -0.1) is 0 Å². The minimum atomic E-state index is 0.168. The second-order valence-electron chi connectivity index (χ2n) is 4.11. The summed E-state index contributed by atoms with van der Waals surface area (Å²) >= 11 is 0. The molecule has 2 aromatic heterocycles. The number of fused-ring (bicyclic) bond motifs is 1. The molecule has 4 heteroatoms. The minimum Gasteiger partial charge on any atom is -0.328 e. The summed E-state index contributed by atoms with van der Waals surface area (Å²) < 4.78 is 1.81. The molecule has 15 heavy (non-hydrogen) atoms. The molecule has 0 aliphatic heterocycles. The zero-order valence-electron chi connectivity index (χ0n) is 9.36. The fraction of sp³-hybridized carbons (Fsp3) is 0.455. The molecule has 0 amide bonds. The smallest absolute Gasteiger partial charge is 0.157 e. The molecule has 2 N–H and O–H groups in total. The van der Waals surface area contributed by atoms with Gasteiger partial charge in [-0.25, -0.2) is 4.98 Å². The number of nitrogens with two attached hydrogens (primary N) is 1. The van der Waals surface area contributed by atoms with Crippen LogP contribution in [0.4, 0.5) is 0 Å². The van der Waals surface area contributed by atoms with Crippen LogP contribution in [0, 0.1) is 6.92 Å². The van der Waals surface area contributed by atoms with Crippen molar-refractivity contribution in [2.45, 2.75) is 26.3 Å². The van der Waals surface area contributed by atoms with Gasteiger partial charge in [-0.05, 0) is 31.9 Å². The molecule has 0 aliphatic rings. The van der Waals surface area contributed by atoms with Crippen molar-refractivity contribution in [3.8, 4) is 0 Å². The Balaban J connectivity index is 2.50. The summed E-state index contributed by atoms with van der Waals surface area (Å²) in [6.07, 6.45) is 2.74. The van der Waals surface area contributed by atoms with Crippen molar-refractivity contribution in [1.82, 2.24) is 14.8 Å². The van der Waals surface area contributed by atoms with Gasteiger partial charge in [-0.1, -0.05) is 0 Å². The van der Waals surface area contributed by atoms with Crippen molar-refractivity contribution in [1.29, 1.82) is 0 Å². The normalized spacial score (nSPS) is 13.3. The number of pyridine rings is 1. The molecule has 0 aromatic carbocycles. The van der Waals surface area contributed by atoms with Crippen molar-refractivity contribution >= 4 is 11.0 Å². The van der Waals surface area contributed by atoms with Gasteiger partial charge in [-0.3, -0.25) is 4.68 Å². The average molecular weight is 204 g/mol. The van der Waals surface area contributed by atoms with Crippen LogP contribution in [-0.2, 0) is 13.5 Å². The lowest BCUT2D eigenvalue weighted by molar-refractivity contribution is 0.735. The Morgan fingerprint density at radius 2 is 2.27 bits per heavy atom. The Kier molecular flexibility index (Phi) is 2.44. The topological polar surface area (TPSA) is 56.7 Å². The molecule has 4 nitrogen and oxygen atoms in total. The molecule has 1 unspecified atom stereocenters. The Morgan fingerprint density at radius 1 is 1.53 bits per heavy atom. The molecular formula is C11H16N4. The zero-order chi connectivity index (χ0) is 11.0. The quantitative estimate of drug-likeness (QED) is 0.798. The van der Waals surface area contributed by atoms with Gasteiger partial charge in [0, 0.05) is 24.7 Å². The minimum absolute atomic E-state index is 0.168. The van der Waals surface area contributed by atoms with Crippen LogP contribution in [0.3, 0.4) is 0 Å². The van der Waals surface area contributed by atoms with Crippen molar-refractivity contribution < 1.29 is 0 Å². The highest BCUT2D eigenvalue weighted by Crippen LogP contribution is 2.16. The summed E-state index contributed by atoms with van der Waals surface area (Å²) in [7, 11) is 1.91. The van der Waals surface area contributed by atoms with E-state index in [4.69, 9.17) is 5.73 Å². The largest absolute Gasteiger partial charge is 0.328 e. The SMILES string of the molecule is Cc1nn(C)c2ncc(CC(C)N)cc12. The van der Waals surface area contributed by atoms with Gasteiger partial charge in [0.25, 0.3) is 0 Å². The van der Waals surface area contributed by atoms with Gasteiger partial charge in [0.2, 0.25) is 0 Å². The molecule has 0 radical (unpaired) electrons. The maximum Gasteiger partial charge on any atom is 0.157 e. The van der Waals surface area contributed by atoms with E-state index in [0.717, 1.165) is 23.1 Å². The summed E-state index contributed by atoms with van der Waals surface area (Å²) in [5, 5.41) is 5.45. The predicted octanol–water partition coefficient (Wildman–Crippen LogP) is 1.17. The van der Waals surface area contributed by atoms with E-state index in [0.29, 0.717) is 0 Å². The van der Waals surface area contributed by atoms with Crippen LogP contribution < -0.4 is 5.73 Å². The summed E-state index contributed by atoms with van der Waals surface area (Å²) in [6.45, 7) is 4.00. The van der Waals surface area contributed by atoms with Gasteiger partial charge in [0.1, 0.15) is 0 Å². The molecule has 2 heterocycles. The molecular weight excluding hydrogens is 188 g/mol.